The van der Waals surface area contributed by atoms with E-state index in [1.165, 1.54) is 17.3 Å². The second-order valence-electron chi connectivity index (χ2n) is 7.57. The van der Waals surface area contributed by atoms with Crippen LogP contribution in [-0.4, -0.2) is 42.6 Å². The fourth-order valence-electron chi connectivity index (χ4n) is 3.77. The number of nitrogens with two attached hydrogens (primary N) is 1. The number of fused-ring (bicyclic) bond motifs is 2. The summed E-state index contributed by atoms with van der Waals surface area (Å²) in [7, 11) is 3.82. The molecule has 6 nitrogen and oxygen atoms in total. The summed E-state index contributed by atoms with van der Waals surface area (Å²) in [5, 5.41) is 4.88. The minimum absolute atomic E-state index is 0.152. The van der Waals surface area contributed by atoms with Gasteiger partial charge in [0.15, 0.2) is 0 Å². The number of likely N-dealkylation sites (N-methyl/N-ethyl adjacent to an activating group) is 1. The number of rotatable bonds is 4. The highest BCUT2D eigenvalue weighted by Gasteiger charge is 2.16. The molecule has 3 aromatic rings. The van der Waals surface area contributed by atoms with Crippen molar-refractivity contribution in [2.24, 2.45) is 10.7 Å². The van der Waals surface area contributed by atoms with Crippen molar-refractivity contribution in [3.63, 3.8) is 0 Å². The summed E-state index contributed by atoms with van der Waals surface area (Å²) in [6.07, 6.45) is 5.98. The molecule has 152 valence electrons. The first kappa shape index (κ1) is 19.8. The summed E-state index contributed by atoms with van der Waals surface area (Å²) in [5.74, 6) is 0.366. The van der Waals surface area contributed by atoms with Crippen LogP contribution in [0, 0.1) is 0 Å². The van der Waals surface area contributed by atoms with Gasteiger partial charge in [0.2, 0.25) is 0 Å². The van der Waals surface area contributed by atoms with Crippen LogP contribution in [0.4, 0.5) is 5.82 Å². The van der Waals surface area contributed by atoms with Gasteiger partial charge in [0.05, 0.1) is 0 Å². The van der Waals surface area contributed by atoms with E-state index >= 15 is 0 Å². The lowest BCUT2D eigenvalue weighted by Gasteiger charge is -2.25. The molecule has 0 spiro atoms. The summed E-state index contributed by atoms with van der Waals surface area (Å²) >= 11 is 0. The molecule has 1 aliphatic heterocycles. The Morgan fingerprint density at radius 1 is 1.13 bits per heavy atom. The topological polar surface area (TPSA) is 83.6 Å². The van der Waals surface area contributed by atoms with Crippen LogP contribution in [0.1, 0.15) is 27.0 Å². The second-order valence-corrected chi connectivity index (χ2v) is 7.57. The van der Waals surface area contributed by atoms with Crippen LogP contribution in [0.2, 0.25) is 0 Å². The molecule has 0 saturated heterocycles. The first-order chi connectivity index (χ1) is 14.6. The average molecular weight is 399 g/mol. The van der Waals surface area contributed by atoms with E-state index in [1.54, 1.807) is 19.5 Å². The summed E-state index contributed by atoms with van der Waals surface area (Å²) in [6, 6.07) is 13.8. The minimum atomic E-state index is -0.152. The first-order valence-corrected chi connectivity index (χ1v) is 9.93. The number of aromatic nitrogens is 1. The number of pyridine rings is 1. The highest BCUT2D eigenvalue weighted by molar-refractivity contribution is 6.10. The maximum absolute atomic E-state index is 12.8. The van der Waals surface area contributed by atoms with Crippen LogP contribution < -0.4 is 11.1 Å². The summed E-state index contributed by atoms with van der Waals surface area (Å²) in [6.45, 7) is 1.93. The standard InChI is InChI=1S/C24H25N5O/c1-26-13-22(12-25)16-3-5-19-14-27-23(11-21(19)10-16)28-24(30)18-4-6-20-15-29(2)8-7-17(20)9-18/h3-6,9-14H,7-8,15,25H2,1-2H3,(H,27,28,30). The summed E-state index contributed by atoms with van der Waals surface area (Å²) in [4.78, 5) is 23.5. The fraction of sp³-hybridized carbons (Fsp3) is 0.208. The fourth-order valence-corrected chi connectivity index (χ4v) is 3.77. The van der Waals surface area contributed by atoms with Gasteiger partial charge in [0.25, 0.3) is 5.91 Å². The van der Waals surface area contributed by atoms with Gasteiger partial charge >= 0.3 is 0 Å². The van der Waals surface area contributed by atoms with E-state index in [1.807, 2.05) is 36.4 Å². The zero-order valence-electron chi connectivity index (χ0n) is 17.2. The van der Waals surface area contributed by atoms with Gasteiger partial charge < -0.3 is 16.0 Å². The molecule has 0 aliphatic carbocycles. The molecular weight excluding hydrogens is 374 g/mol. The number of amides is 1. The number of nitrogens with zero attached hydrogens (tertiary/aromatic N) is 3. The van der Waals surface area contributed by atoms with E-state index in [-0.39, 0.29) is 5.91 Å². The smallest absolute Gasteiger partial charge is 0.256 e. The normalized spacial score (nSPS) is 14.8. The largest absolute Gasteiger partial charge is 0.404 e. The van der Waals surface area contributed by atoms with E-state index in [0.29, 0.717) is 11.4 Å². The number of benzene rings is 2. The molecule has 0 bridgehead atoms. The Kier molecular flexibility index (Phi) is 5.59. The van der Waals surface area contributed by atoms with Gasteiger partial charge in [-0.25, -0.2) is 4.98 Å². The third kappa shape index (κ3) is 4.09. The van der Waals surface area contributed by atoms with Crippen LogP contribution in [-0.2, 0) is 13.0 Å². The Morgan fingerprint density at radius 3 is 2.77 bits per heavy atom. The molecule has 4 rings (SSSR count). The van der Waals surface area contributed by atoms with Crippen molar-refractivity contribution in [3.8, 4) is 0 Å². The first-order valence-electron chi connectivity index (χ1n) is 9.93. The van der Waals surface area contributed by atoms with E-state index in [0.717, 1.165) is 41.4 Å². The van der Waals surface area contributed by atoms with Gasteiger partial charge in [-0.15, -0.1) is 0 Å². The SMILES string of the molecule is CN=CC(=CN)c1ccc2cnc(NC(=O)c3ccc4c(c3)CCN(C)C4)cc2c1. The Bertz CT molecular complexity index is 1170. The lowest BCUT2D eigenvalue weighted by atomic mass is 9.97. The predicted molar refractivity (Wildman–Crippen MR) is 123 cm³/mol. The molecule has 1 aromatic heterocycles. The van der Waals surface area contributed by atoms with E-state index in [9.17, 15) is 4.79 Å². The van der Waals surface area contributed by atoms with Crippen molar-refractivity contribution in [2.75, 3.05) is 26.0 Å². The number of aliphatic imine (C=N–C) groups is 1. The molecule has 30 heavy (non-hydrogen) atoms. The highest BCUT2D eigenvalue weighted by Crippen LogP contribution is 2.23. The van der Waals surface area contributed by atoms with Crippen molar-refractivity contribution in [3.05, 3.63) is 77.1 Å². The molecular formula is C24H25N5O. The third-order valence-corrected chi connectivity index (χ3v) is 5.42. The summed E-state index contributed by atoms with van der Waals surface area (Å²) < 4.78 is 0. The second kappa shape index (κ2) is 8.47. The quantitative estimate of drug-likeness (QED) is 0.658. The lowest BCUT2D eigenvalue weighted by molar-refractivity contribution is 0.102. The number of carbonyl (C=O) groups is 1. The maximum atomic E-state index is 12.8. The molecule has 0 saturated carbocycles. The molecule has 1 aliphatic rings. The van der Waals surface area contributed by atoms with Gasteiger partial charge in [-0.05, 0) is 59.8 Å². The molecule has 0 unspecified atom stereocenters. The van der Waals surface area contributed by atoms with Crippen LogP contribution in [0.15, 0.2) is 59.9 Å². The lowest BCUT2D eigenvalue weighted by Crippen LogP contribution is -2.27. The van der Waals surface area contributed by atoms with Crippen molar-refractivity contribution in [2.45, 2.75) is 13.0 Å². The maximum Gasteiger partial charge on any atom is 0.256 e. The minimum Gasteiger partial charge on any atom is -0.404 e. The van der Waals surface area contributed by atoms with E-state index in [2.05, 4.69) is 33.3 Å². The summed E-state index contributed by atoms with van der Waals surface area (Å²) in [5.41, 5.74) is 10.7. The van der Waals surface area contributed by atoms with Crippen molar-refractivity contribution in [1.82, 2.24) is 9.88 Å². The van der Waals surface area contributed by atoms with Gasteiger partial charge in [0.1, 0.15) is 5.82 Å². The zero-order chi connectivity index (χ0) is 21.1. The number of allylic oxidation sites excluding steroid dienone is 1. The zero-order valence-corrected chi connectivity index (χ0v) is 17.2. The van der Waals surface area contributed by atoms with Gasteiger partial charge in [-0.2, -0.15) is 0 Å². The molecule has 6 heteroatoms. The van der Waals surface area contributed by atoms with Crippen molar-refractivity contribution < 1.29 is 4.79 Å². The predicted octanol–water partition coefficient (Wildman–Crippen LogP) is 3.48. The van der Waals surface area contributed by atoms with Crippen molar-refractivity contribution in [1.29, 1.82) is 0 Å². The number of hydrogen-bond donors (Lipinski definition) is 2. The Balaban J connectivity index is 1.58. The third-order valence-electron chi connectivity index (χ3n) is 5.42. The average Bonchev–Trinajstić information content (AvgIpc) is 2.76. The molecule has 2 aromatic carbocycles. The van der Waals surface area contributed by atoms with Crippen LogP contribution in [0.5, 0.6) is 0 Å². The molecule has 0 radical (unpaired) electrons. The number of nitrogens with one attached hydrogen (secondary N) is 1. The van der Waals surface area contributed by atoms with E-state index in [4.69, 9.17) is 5.73 Å². The highest BCUT2D eigenvalue weighted by atomic mass is 16.1. The Morgan fingerprint density at radius 2 is 1.97 bits per heavy atom. The Labute approximate surface area is 176 Å². The molecule has 0 fully saturated rings. The number of anilines is 1. The number of hydrogen-bond acceptors (Lipinski definition) is 5. The molecule has 1 amide bonds. The van der Waals surface area contributed by atoms with Gasteiger partial charge in [-0.1, -0.05) is 18.2 Å². The van der Waals surface area contributed by atoms with Crippen molar-refractivity contribution >= 4 is 34.3 Å². The van der Waals surface area contributed by atoms with Crippen LogP contribution in [0.25, 0.3) is 16.3 Å². The van der Waals surface area contributed by atoms with Crippen LogP contribution >= 0.6 is 0 Å². The molecule has 3 N–H and O–H groups in total. The molecule has 2 heterocycles. The molecule has 0 atom stereocenters. The van der Waals surface area contributed by atoms with Gasteiger partial charge in [0, 0.05) is 55.3 Å². The Hall–Kier alpha value is -3.51. The van der Waals surface area contributed by atoms with E-state index < -0.39 is 0 Å². The van der Waals surface area contributed by atoms with Crippen LogP contribution in [0.3, 0.4) is 0 Å². The number of carbonyl (C=O) groups excluding carboxylic acids is 1. The monoisotopic (exact) mass is 399 g/mol. The van der Waals surface area contributed by atoms with Gasteiger partial charge in [-0.3, -0.25) is 9.79 Å².